The Bertz CT molecular complexity index is 1020. The van der Waals surface area contributed by atoms with Crippen molar-refractivity contribution in [3.05, 3.63) is 90.0 Å². The van der Waals surface area contributed by atoms with Gasteiger partial charge in [0.15, 0.2) is 0 Å². The summed E-state index contributed by atoms with van der Waals surface area (Å²) in [7, 11) is 0. The van der Waals surface area contributed by atoms with Gasteiger partial charge in [-0.25, -0.2) is 4.39 Å². The van der Waals surface area contributed by atoms with E-state index in [-0.39, 0.29) is 23.5 Å². The summed E-state index contributed by atoms with van der Waals surface area (Å²) < 4.78 is 15.7. The lowest BCUT2D eigenvalue weighted by Gasteiger charge is -2.31. The molecule has 2 heterocycles. The molecule has 31 heavy (non-hydrogen) atoms. The Labute approximate surface area is 181 Å². The highest BCUT2D eigenvalue weighted by Gasteiger charge is 2.27. The van der Waals surface area contributed by atoms with Crippen molar-refractivity contribution in [3.8, 4) is 5.69 Å². The first-order valence-corrected chi connectivity index (χ1v) is 10.7. The molecule has 1 N–H and O–H groups in total. The second-order valence-electron chi connectivity index (χ2n) is 7.84. The molecule has 1 fully saturated rings. The molecule has 6 heteroatoms. The molecule has 0 aliphatic carbocycles. The average molecular weight is 420 g/mol. The Morgan fingerprint density at radius 1 is 0.935 bits per heavy atom. The number of amides is 2. The molecule has 0 spiro atoms. The van der Waals surface area contributed by atoms with Gasteiger partial charge in [0.1, 0.15) is 5.82 Å². The number of halogens is 1. The Kier molecular flexibility index (Phi) is 6.46. The number of piperidine rings is 1. The van der Waals surface area contributed by atoms with E-state index in [1.165, 1.54) is 6.07 Å². The van der Waals surface area contributed by atoms with Crippen LogP contribution in [0, 0.1) is 11.7 Å². The maximum Gasteiger partial charge on any atom is 0.253 e. The molecule has 160 valence electrons. The highest BCUT2D eigenvalue weighted by Crippen LogP contribution is 2.20. The van der Waals surface area contributed by atoms with Crippen LogP contribution in [0.4, 0.5) is 4.39 Å². The Morgan fingerprint density at radius 2 is 1.61 bits per heavy atom. The maximum atomic E-state index is 13.7. The zero-order valence-electron chi connectivity index (χ0n) is 17.3. The molecule has 5 nitrogen and oxygen atoms in total. The van der Waals surface area contributed by atoms with Crippen LogP contribution in [0.1, 0.15) is 28.8 Å². The zero-order valence-corrected chi connectivity index (χ0v) is 17.3. The Morgan fingerprint density at radius 3 is 2.29 bits per heavy atom. The molecule has 0 bridgehead atoms. The lowest BCUT2D eigenvalue weighted by atomic mass is 9.95. The van der Waals surface area contributed by atoms with E-state index in [1.54, 1.807) is 18.2 Å². The van der Waals surface area contributed by atoms with Crippen molar-refractivity contribution >= 4 is 11.8 Å². The topological polar surface area (TPSA) is 54.3 Å². The first kappa shape index (κ1) is 20.8. The van der Waals surface area contributed by atoms with Crippen molar-refractivity contribution in [1.82, 2.24) is 14.8 Å². The van der Waals surface area contributed by atoms with Gasteiger partial charge in [0.05, 0.1) is 0 Å². The minimum Gasteiger partial charge on any atom is -0.356 e. The molecule has 0 unspecified atom stereocenters. The fourth-order valence-electron chi connectivity index (χ4n) is 3.98. The van der Waals surface area contributed by atoms with Gasteiger partial charge in [-0.2, -0.15) is 0 Å². The SMILES string of the molecule is O=C(NCCc1ccccc1F)C1CCN(C(=O)c2ccc(-n3cccc3)cc2)CC1. The van der Waals surface area contributed by atoms with Crippen molar-refractivity contribution in [3.63, 3.8) is 0 Å². The van der Waals surface area contributed by atoms with Crippen molar-refractivity contribution in [1.29, 1.82) is 0 Å². The Hall–Kier alpha value is -3.41. The van der Waals surface area contributed by atoms with Crippen molar-refractivity contribution in [2.24, 2.45) is 5.92 Å². The number of nitrogens with one attached hydrogen (secondary N) is 1. The molecule has 1 saturated heterocycles. The summed E-state index contributed by atoms with van der Waals surface area (Å²) in [5.41, 5.74) is 2.27. The number of carbonyl (C=O) groups is 2. The largest absolute Gasteiger partial charge is 0.356 e. The second-order valence-corrected chi connectivity index (χ2v) is 7.84. The molecule has 1 aliphatic rings. The summed E-state index contributed by atoms with van der Waals surface area (Å²) in [5.74, 6) is -0.372. The highest BCUT2D eigenvalue weighted by molar-refractivity contribution is 5.94. The van der Waals surface area contributed by atoms with E-state index in [2.05, 4.69) is 5.32 Å². The van der Waals surface area contributed by atoms with Crippen molar-refractivity contribution in [2.45, 2.75) is 19.3 Å². The number of aromatic nitrogens is 1. The number of hydrogen-bond donors (Lipinski definition) is 1. The van der Waals surface area contributed by atoms with Crippen LogP contribution >= 0.6 is 0 Å². The van der Waals surface area contributed by atoms with Crippen LogP contribution in [-0.2, 0) is 11.2 Å². The third kappa shape index (κ3) is 5.02. The second kappa shape index (κ2) is 9.60. The van der Waals surface area contributed by atoms with Gasteiger partial charge in [-0.05, 0) is 67.3 Å². The molecule has 2 amide bonds. The summed E-state index contributed by atoms with van der Waals surface area (Å²) in [4.78, 5) is 27.1. The Balaban J connectivity index is 1.24. The number of benzene rings is 2. The first-order chi connectivity index (χ1) is 15.1. The van der Waals surface area contributed by atoms with E-state index in [9.17, 15) is 14.0 Å². The van der Waals surface area contributed by atoms with Crippen LogP contribution in [-0.4, -0.2) is 40.9 Å². The van der Waals surface area contributed by atoms with Crippen LogP contribution in [0.25, 0.3) is 5.69 Å². The summed E-state index contributed by atoms with van der Waals surface area (Å²) in [6.45, 7) is 1.53. The molecule has 0 saturated carbocycles. The molecule has 0 radical (unpaired) electrons. The monoisotopic (exact) mass is 419 g/mol. The van der Waals surface area contributed by atoms with Crippen LogP contribution < -0.4 is 5.32 Å². The highest BCUT2D eigenvalue weighted by atomic mass is 19.1. The van der Waals surface area contributed by atoms with Gasteiger partial charge < -0.3 is 14.8 Å². The summed E-state index contributed by atoms with van der Waals surface area (Å²) in [6, 6.07) is 18.1. The van der Waals surface area contributed by atoms with Crippen LogP contribution in [0.2, 0.25) is 0 Å². The van der Waals surface area contributed by atoms with Crippen LogP contribution in [0.15, 0.2) is 73.1 Å². The molecule has 0 atom stereocenters. The van der Waals surface area contributed by atoms with E-state index >= 15 is 0 Å². The van der Waals surface area contributed by atoms with Crippen molar-refractivity contribution in [2.75, 3.05) is 19.6 Å². The summed E-state index contributed by atoms with van der Waals surface area (Å²) >= 11 is 0. The standard InChI is InChI=1S/C25H26FN3O2/c26-23-6-2-1-5-19(23)11-14-27-24(30)20-12-17-29(18-13-20)25(31)21-7-9-22(10-8-21)28-15-3-4-16-28/h1-10,15-16,20H,11-14,17-18H2,(H,27,30). The van der Waals surface area contributed by atoms with E-state index in [4.69, 9.17) is 0 Å². The molecule has 1 aliphatic heterocycles. The van der Waals surface area contributed by atoms with Crippen LogP contribution in [0.5, 0.6) is 0 Å². The minimum atomic E-state index is -0.245. The lowest BCUT2D eigenvalue weighted by Crippen LogP contribution is -2.43. The normalized spacial score (nSPS) is 14.4. The van der Waals surface area contributed by atoms with Gasteiger partial charge in [-0.15, -0.1) is 0 Å². The van der Waals surface area contributed by atoms with Crippen LogP contribution in [0.3, 0.4) is 0 Å². The number of hydrogen-bond acceptors (Lipinski definition) is 2. The zero-order chi connectivity index (χ0) is 21.6. The summed E-state index contributed by atoms with van der Waals surface area (Å²) in [6.07, 6.45) is 5.66. The van der Waals surface area contributed by atoms with Gasteiger partial charge in [0.25, 0.3) is 5.91 Å². The fraction of sp³-hybridized carbons (Fsp3) is 0.280. The predicted octanol–water partition coefficient (Wildman–Crippen LogP) is 3.83. The number of likely N-dealkylation sites (tertiary alicyclic amines) is 1. The minimum absolute atomic E-state index is 0.00235. The third-order valence-electron chi connectivity index (χ3n) is 5.82. The number of carbonyl (C=O) groups excluding carboxylic acids is 2. The molecule has 1 aromatic heterocycles. The number of nitrogens with zero attached hydrogens (tertiary/aromatic N) is 2. The van der Waals surface area contributed by atoms with Gasteiger partial charge in [-0.3, -0.25) is 9.59 Å². The first-order valence-electron chi connectivity index (χ1n) is 10.7. The molecular formula is C25H26FN3O2. The van der Waals surface area contributed by atoms with E-state index in [1.807, 2.05) is 58.3 Å². The fourth-order valence-corrected chi connectivity index (χ4v) is 3.98. The molecule has 2 aromatic carbocycles. The molecule has 4 rings (SSSR count). The van der Waals surface area contributed by atoms with E-state index in [0.717, 1.165) is 5.69 Å². The predicted molar refractivity (Wildman–Crippen MR) is 118 cm³/mol. The summed E-state index contributed by atoms with van der Waals surface area (Å²) in [5, 5.41) is 2.91. The van der Waals surface area contributed by atoms with Crippen molar-refractivity contribution < 1.29 is 14.0 Å². The van der Waals surface area contributed by atoms with Gasteiger partial charge in [0, 0.05) is 49.2 Å². The van der Waals surface area contributed by atoms with Gasteiger partial charge in [0.2, 0.25) is 5.91 Å². The van der Waals surface area contributed by atoms with E-state index < -0.39 is 0 Å². The molecular weight excluding hydrogens is 393 g/mol. The average Bonchev–Trinajstić information content (AvgIpc) is 3.35. The lowest BCUT2D eigenvalue weighted by molar-refractivity contribution is -0.126. The molecule has 3 aromatic rings. The third-order valence-corrected chi connectivity index (χ3v) is 5.82. The quantitative estimate of drug-likeness (QED) is 0.660. The smallest absolute Gasteiger partial charge is 0.253 e. The van der Waals surface area contributed by atoms with E-state index in [0.29, 0.717) is 50.0 Å². The van der Waals surface area contributed by atoms with Gasteiger partial charge in [-0.1, -0.05) is 18.2 Å². The maximum absolute atomic E-state index is 13.7. The number of rotatable bonds is 6. The van der Waals surface area contributed by atoms with Gasteiger partial charge >= 0.3 is 0 Å².